The standard InChI is InChI=1S/C18H14N4O2/c23-16(10-11-6-7-13-15(9-11)22-18(24)21-13)20-14-5-1-3-12-4-2-8-19-17(12)14/h1-9H,10H2,(H,20,23)(H2,21,22,24). The minimum absolute atomic E-state index is 0.134. The van der Waals surface area contributed by atoms with E-state index >= 15 is 0 Å². The highest BCUT2D eigenvalue weighted by Crippen LogP contribution is 2.21. The maximum atomic E-state index is 12.3. The summed E-state index contributed by atoms with van der Waals surface area (Å²) in [5.41, 5.74) is 3.43. The number of hydrogen-bond donors (Lipinski definition) is 3. The first-order valence-corrected chi connectivity index (χ1v) is 7.53. The molecule has 1 amide bonds. The molecule has 2 aromatic carbocycles. The van der Waals surface area contributed by atoms with Crippen LogP contribution in [0, 0.1) is 0 Å². The number of anilines is 1. The van der Waals surface area contributed by atoms with Crippen LogP contribution in [0.2, 0.25) is 0 Å². The Morgan fingerprint density at radius 3 is 2.79 bits per heavy atom. The zero-order valence-corrected chi connectivity index (χ0v) is 12.7. The molecule has 0 aliphatic rings. The normalized spacial score (nSPS) is 11.0. The van der Waals surface area contributed by atoms with E-state index in [0.717, 1.165) is 22.0 Å². The first kappa shape index (κ1) is 14.2. The van der Waals surface area contributed by atoms with E-state index in [0.29, 0.717) is 11.2 Å². The van der Waals surface area contributed by atoms with Gasteiger partial charge in [0.1, 0.15) is 0 Å². The summed E-state index contributed by atoms with van der Waals surface area (Å²) in [6, 6.07) is 14.9. The number of carbonyl (C=O) groups is 1. The predicted molar refractivity (Wildman–Crippen MR) is 93.0 cm³/mol. The third-order valence-corrected chi connectivity index (χ3v) is 3.85. The summed E-state index contributed by atoms with van der Waals surface area (Å²) >= 11 is 0. The van der Waals surface area contributed by atoms with E-state index < -0.39 is 0 Å². The fourth-order valence-electron chi connectivity index (χ4n) is 2.77. The molecule has 0 spiro atoms. The summed E-state index contributed by atoms with van der Waals surface area (Å²) in [6.07, 6.45) is 1.92. The number of imidazole rings is 1. The third-order valence-electron chi connectivity index (χ3n) is 3.85. The van der Waals surface area contributed by atoms with Crippen molar-refractivity contribution in [2.75, 3.05) is 5.32 Å². The number of nitrogens with one attached hydrogen (secondary N) is 3. The largest absolute Gasteiger partial charge is 0.324 e. The van der Waals surface area contributed by atoms with Crippen molar-refractivity contribution in [1.29, 1.82) is 0 Å². The van der Waals surface area contributed by atoms with Gasteiger partial charge in [0.05, 0.1) is 28.7 Å². The number of nitrogens with zero attached hydrogens (tertiary/aromatic N) is 1. The molecule has 0 saturated heterocycles. The van der Waals surface area contributed by atoms with Gasteiger partial charge in [-0.25, -0.2) is 4.79 Å². The Bertz CT molecular complexity index is 1110. The highest BCUT2D eigenvalue weighted by molar-refractivity contribution is 6.01. The second-order valence-electron chi connectivity index (χ2n) is 5.56. The fraction of sp³-hybridized carbons (Fsp3) is 0.0556. The van der Waals surface area contributed by atoms with E-state index in [1.807, 2.05) is 36.4 Å². The molecular formula is C18H14N4O2. The van der Waals surface area contributed by atoms with Crippen molar-refractivity contribution in [2.45, 2.75) is 6.42 Å². The van der Waals surface area contributed by atoms with Crippen molar-refractivity contribution >= 4 is 33.5 Å². The summed E-state index contributed by atoms with van der Waals surface area (Å²) in [7, 11) is 0. The molecule has 2 heterocycles. The van der Waals surface area contributed by atoms with Crippen molar-refractivity contribution in [2.24, 2.45) is 0 Å². The van der Waals surface area contributed by atoms with Crippen LogP contribution in [0.3, 0.4) is 0 Å². The van der Waals surface area contributed by atoms with Crippen LogP contribution in [0.1, 0.15) is 5.56 Å². The highest BCUT2D eigenvalue weighted by Gasteiger charge is 2.08. The Morgan fingerprint density at radius 1 is 1.04 bits per heavy atom. The molecule has 0 unspecified atom stereocenters. The quantitative estimate of drug-likeness (QED) is 0.542. The molecular weight excluding hydrogens is 304 g/mol. The van der Waals surface area contributed by atoms with Crippen LogP contribution in [0.5, 0.6) is 0 Å². The van der Waals surface area contributed by atoms with Gasteiger partial charge in [-0.1, -0.05) is 24.3 Å². The number of para-hydroxylation sites is 1. The predicted octanol–water partition coefficient (Wildman–Crippen LogP) is 2.59. The van der Waals surface area contributed by atoms with Crippen LogP contribution in [-0.4, -0.2) is 20.9 Å². The van der Waals surface area contributed by atoms with Crippen LogP contribution in [0.25, 0.3) is 21.9 Å². The van der Waals surface area contributed by atoms with Crippen LogP contribution in [-0.2, 0) is 11.2 Å². The number of amides is 1. The van der Waals surface area contributed by atoms with Gasteiger partial charge in [-0.05, 0) is 29.8 Å². The molecule has 0 saturated carbocycles. The lowest BCUT2D eigenvalue weighted by Gasteiger charge is -2.08. The van der Waals surface area contributed by atoms with E-state index in [2.05, 4.69) is 20.3 Å². The van der Waals surface area contributed by atoms with Crippen LogP contribution < -0.4 is 11.0 Å². The van der Waals surface area contributed by atoms with Gasteiger partial charge >= 0.3 is 5.69 Å². The smallest absolute Gasteiger partial charge is 0.323 e. The topological polar surface area (TPSA) is 90.6 Å². The molecule has 0 fully saturated rings. The zero-order valence-electron chi connectivity index (χ0n) is 12.7. The number of rotatable bonds is 3. The second-order valence-corrected chi connectivity index (χ2v) is 5.56. The summed E-state index contributed by atoms with van der Waals surface area (Å²) < 4.78 is 0. The van der Waals surface area contributed by atoms with Crippen LogP contribution in [0.4, 0.5) is 5.69 Å². The molecule has 4 aromatic rings. The first-order chi connectivity index (χ1) is 11.7. The van der Waals surface area contributed by atoms with E-state index in [1.54, 1.807) is 18.3 Å². The monoisotopic (exact) mass is 318 g/mol. The summed E-state index contributed by atoms with van der Waals surface area (Å²) in [5, 5.41) is 3.88. The number of aromatic nitrogens is 3. The first-order valence-electron chi connectivity index (χ1n) is 7.53. The molecule has 6 nitrogen and oxygen atoms in total. The minimum atomic E-state index is -0.256. The van der Waals surface area contributed by atoms with Gasteiger partial charge in [0.2, 0.25) is 5.91 Å². The average molecular weight is 318 g/mol. The van der Waals surface area contributed by atoms with Gasteiger partial charge in [0, 0.05) is 11.6 Å². The van der Waals surface area contributed by atoms with Crippen molar-refractivity contribution < 1.29 is 4.79 Å². The lowest BCUT2D eigenvalue weighted by molar-refractivity contribution is -0.115. The molecule has 0 aliphatic heterocycles. The molecule has 2 aromatic heterocycles. The maximum Gasteiger partial charge on any atom is 0.323 e. The Kier molecular flexibility index (Phi) is 3.35. The number of carbonyl (C=O) groups excluding carboxylic acids is 1. The van der Waals surface area contributed by atoms with Crippen molar-refractivity contribution in [1.82, 2.24) is 15.0 Å². The van der Waals surface area contributed by atoms with Crippen LogP contribution >= 0.6 is 0 Å². The van der Waals surface area contributed by atoms with E-state index in [1.165, 1.54) is 0 Å². The Labute approximate surface area is 136 Å². The fourth-order valence-corrected chi connectivity index (χ4v) is 2.77. The SMILES string of the molecule is O=C(Cc1ccc2[nH]c(=O)[nH]c2c1)Nc1cccc2cccnc12. The Morgan fingerprint density at radius 2 is 1.88 bits per heavy atom. The highest BCUT2D eigenvalue weighted by atomic mass is 16.1. The molecule has 6 heteroatoms. The molecule has 118 valence electrons. The molecule has 0 atom stereocenters. The summed E-state index contributed by atoms with van der Waals surface area (Å²) in [6.45, 7) is 0. The Hall–Kier alpha value is -3.41. The summed E-state index contributed by atoms with van der Waals surface area (Å²) in [4.78, 5) is 33.3. The van der Waals surface area contributed by atoms with Gasteiger partial charge < -0.3 is 15.3 Å². The molecule has 4 rings (SSSR count). The number of fused-ring (bicyclic) bond motifs is 2. The third kappa shape index (κ3) is 2.65. The number of hydrogen-bond acceptors (Lipinski definition) is 3. The minimum Gasteiger partial charge on any atom is -0.324 e. The lowest BCUT2D eigenvalue weighted by atomic mass is 10.1. The second kappa shape index (κ2) is 5.66. The van der Waals surface area contributed by atoms with Gasteiger partial charge in [-0.15, -0.1) is 0 Å². The van der Waals surface area contributed by atoms with Crippen LogP contribution in [0.15, 0.2) is 59.5 Å². The van der Waals surface area contributed by atoms with Gasteiger partial charge in [-0.3, -0.25) is 9.78 Å². The lowest BCUT2D eigenvalue weighted by Crippen LogP contribution is -2.14. The van der Waals surface area contributed by atoms with E-state index in [9.17, 15) is 9.59 Å². The molecule has 0 aliphatic carbocycles. The molecule has 0 bridgehead atoms. The van der Waals surface area contributed by atoms with Gasteiger partial charge in [-0.2, -0.15) is 0 Å². The molecule has 0 radical (unpaired) electrons. The maximum absolute atomic E-state index is 12.3. The van der Waals surface area contributed by atoms with Crippen molar-refractivity contribution in [3.05, 3.63) is 70.8 Å². The number of benzene rings is 2. The number of H-pyrrole nitrogens is 2. The number of pyridine rings is 1. The van der Waals surface area contributed by atoms with E-state index in [4.69, 9.17) is 0 Å². The van der Waals surface area contributed by atoms with Gasteiger partial charge in [0.25, 0.3) is 0 Å². The summed E-state index contributed by atoms with van der Waals surface area (Å²) in [5.74, 6) is -0.134. The molecule has 24 heavy (non-hydrogen) atoms. The van der Waals surface area contributed by atoms with Gasteiger partial charge in [0.15, 0.2) is 0 Å². The number of aromatic amines is 2. The molecule has 3 N–H and O–H groups in total. The Balaban J connectivity index is 1.58. The van der Waals surface area contributed by atoms with Crippen molar-refractivity contribution in [3.63, 3.8) is 0 Å². The zero-order chi connectivity index (χ0) is 16.5. The average Bonchev–Trinajstić information content (AvgIpc) is 2.94. The van der Waals surface area contributed by atoms with E-state index in [-0.39, 0.29) is 18.0 Å². The van der Waals surface area contributed by atoms with Crippen molar-refractivity contribution in [3.8, 4) is 0 Å².